The van der Waals surface area contributed by atoms with Crippen molar-refractivity contribution in [2.45, 2.75) is 32.9 Å². The van der Waals surface area contributed by atoms with Crippen molar-refractivity contribution in [2.75, 3.05) is 7.05 Å². The Hall–Kier alpha value is -1.91. The van der Waals surface area contributed by atoms with Crippen LogP contribution in [0, 0.1) is 5.82 Å². The van der Waals surface area contributed by atoms with Gasteiger partial charge in [0.2, 0.25) is 0 Å². The molecule has 1 amide bonds. The Labute approximate surface area is 112 Å². The molecular weight excluding hydrogens is 249 g/mol. The van der Waals surface area contributed by atoms with E-state index in [0.29, 0.717) is 0 Å². The maximum absolute atomic E-state index is 12.7. The van der Waals surface area contributed by atoms with E-state index < -0.39 is 17.5 Å². The number of carbonyl (C=O) groups is 2. The normalized spacial score (nSPS) is 11.0. The third kappa shape index (κ3) is 5.07. The highest BCUT2D eigenvalue weighted by Crippen LogP contribution is 2.10. The fourth-order valence-corrected chi connectivity index (χ4v) is 1.41. The van der Waals surface area contributed by atoms with Gasteiger partial charge in [-0.1, -0.05) is 12.1 Å². The molecule has 1 aromatic carbocycles. The molecule has 0 atom stereocenters. The molecule has 0 saturated carbocycles. The molecule has 0 N–H and O–H groups in total. The number of benzene rings is 1. The Morgan fingerprint density at radius 1 is 1.21 bits per heavy atom. The minimum absolute atomic E-state index is 0.221. The number of likely N-dealkylation sites (N-methyl/N-ethyl adjacent to an activating group) is 1. The Balaban J connectivity index is 2.62. The number of ether oxygens (including phenoxy) is 1. The van der Waals surface area contributed by atoms with Gasteiger partial charge in [0.15, 0.2) is 0 Å². The lowest BCUT2D eigenvalue weighted by Crippen LogP contribution is -2.37. The van der Waals surface area contributed by atoms with Crippen molar-refractivity contribution in [3.63, 3.8) is 0 Å². The van der Waals surface area contributed by atoms with Gasteiger partial charge in [0.05, 0.1) is 0 Å². The summed E-state index contributed by atoms with van der Waals surface area (Å²) in [4.78, 5) is 24.6. The molecule has 1 aromatic rings. The standard InChI is InChI=1S/C14H18FNO3/c1-14(2,3)19-13(18)12(17)16(4)9-10-5-7-11(15)8-6-10/h5-8H,9H2,1-4H3. The van der Waals surface area contributed by atoms with Gasteiger partial charge in [0.1, 0.15) is 11.4 Å². The van der Waals surface area contributed by atoms with Crippen LogP contribution in [-0.4, -0.2) is 29.4 Å². The van der Waals surface area contributed by atoms with Gasteiger partial charge in [-0.05, 0) is 38.5 Å². The molecule has 5 heteroatoms. The Morgan fingerprint density at radius 3 is 2.21 bits per heavy atom. The summed E-state index contributed by atoms with van der Waals surface area (Å²) in [5, 5.41) is 0. The summed E-state index contributed by atoms with van der Waals surface area (Å²) in [6, 6.07) is 5.74. The lowest BCUT2D eigenvalue weighted by molar-refractivity contribution is -0.167. The van der Waals surface area contributed by atoms with Crippen molar-refractivity contribution < 1.29 is 18.7 Å². The number of halogens is 1. The number of hydrogen-bond acceptors (Lipinski definition) is 3. The van der Waals surface area contributed by atoms with E-state index in [0.717, 1.165) is 5.56 Å². The van der Waals surface area contributed by atoms with Crippen molar-refractivity contribution >= 4 is 11.9 Å². The molecular formula is C14H18FNO3. The van der Waals surface area contributed by atoms with E-state index in [4.69, 9.17) is 4.74 Å². The van der Waals surface area contributed by atoms with Gasteiger partial charge in [-0.15, -0.1) is 0 Å². The van der Waals surface area contributed by atoms with Crippen LogP contribution in [0.1, 0.15) is 26.3 Å². The van der Waals surface area contributed by atoms with E-state index in [1.54, 1.807) is 32.9 Å². The predicted octanol–water partition coefficient (Wildman–Crippen LogP) is 2.13. The fourth-order valence-electron chi connectivity index (χ4n) is 1.41. The molecule has 0 aliphatic heterocycles. The molecule has 0 saturated heterocycles. The predicted molar refractivity (Wildman–Crippen MR) is 68.7 cm³/mol. The van der Waals surface area contributed by atoms with E-state index in [1.165, 1.54) is 24.1 Å². The highest BCUT2D eigenvalue weighted by Gasteiger charge is 2.25. The van der Waals surface area contributed by atoms with Crippen molar-refractivity contribution in [3.8, 4) is 0 Å². The third-order valence-corrected chi connectivity index (χ3v) is 2.25. The van der Waals surface area contributed by atoms with E-state index in [9.17, 15) is 14.0 Å². The molecule has 0 aliphatic rings. The maximum Gasteiger partial charge on any atom is 0.397 e. The van der Waals surface area contributed by atoms with Gasteiger partial charge >= 0.3 is 11.9 Å². The maximum atomic E-state index is 12.7. The van der Waals surface area contributed by atoms with Gasteiger partial charge in [-0.3, -0.25) is 4.79 Å². The SMILES string of the molecule is CN(Cc1ccc(F)cc1)C(=O)C(=O)OC(C)(C)C. The van der Waals surface area contributed by atoms with Crippen LogP contribution in [0.3, 0.4) is 0 Å². The van der Waals surface area contributed by atoms with Crippen LogP contribution >= 0.6 is 0 Å². The molecule has 4 nitrogen and oxygen atoms in total. The van der Waals surface area contributed by atoms with Crippen LogP contribution in [-0.2, 0) is 20.9 Å². The molecule has 104 valence electrons. The molecule has 0 bridgehead atoms. The number of rotatable bonds is 2. The summed E-state index contributed by atoms with van der Waals surface area (Å²) >= 11 is 0. The van der Waals surface area contributed by atoms with Gasteiger partial charge in [-0.2, -0.15) is 0 Å². The van der Waals surface area contributed by atoms with Gasteiger partial charge in [-0.25, -0.2) is 9.18 Å². The largest absolute Gasteiger partial charge is 0.453 e. The molecule has 0 unspecified atom stereocenters. The molecule has 0 radical (unpaired) electrons. The average Bonchev–Trinajstić information content (AvgIpc) is 2.28. The Kier molecular flexibility index (Phi) is 4.64. The number of nitrogens with zero attached hydrogens (tertiary/aromatic N) is 1. The van der Waals surface area contributed by atoms with Crippen LogP contribution in [0.2, 0.25) is 0 Å². The van der Waals surface area contributed by atoms with Gasteiger partial charge in [0, 0.05) is 13.6 Å². The summed E-state index contributed by atoms with van der Waals surface area (Å²) in [6.45, 7) is 5.30. The number of carbonyl (C=O) groups excluding carboxylic acids is 2. The number of amides is 1. The Morgan fingerprint density at radius 2 is 1.74 bits per heavy atom. The zero-order chi connectivity index (χ0) is 14.6. The first kappa shape index (κ1) is 15.1. The van der Waals surface area contributed by atoms with Crippen molar-refractivity contribution in [1.82, 2.24) is 4.90 Å². The number of hydrogen-bond donors (Lipinski definition) is 0. The quantitative estimate of drug-likeness (QED) is 0.609. The highest BCUT2D eigenvalue weighted by atomic mass is 19.1. The molecule has 0 heterocycles. The van der Waals surface area contributed by atoms with Crippen LogP contribution < -0.4 is 0 Å². The molecule has 0 aromatic heterocycles. The molecule has 19 heavy (non-hydrogen) atoms. The van der Waals surface area contributed by atoms with E-state index >= 15 is 0 Å². The summed E-state index contributed by atoms with van der Waals surface area (Å²) < 4.78 is 17.7. The minimum atomic E-state index is -0.892. The second-order valence-corrected chi connectivity index (χ2v) is 5.29. The van der Waals surface area contributed by atoms with Gasteiger partial charge < -0.3 is 9.64 Å². The van der Waals surface area contributed by atoms with Crippen LogP contribution in [0.25, 0.3) is 0 Å². The minimum Gasteiger partial charge on any atom is -0.453 e. The molecule has 0 aliphatic carbocycles. The second-order valence-electron chi connectivity index (χ2n) is 5.29. The van der Waals surface area contributed by atoms with Gasteiger partial charge in [0.25, 0.3) is 0 Å². The van der Waals surface area contributed by atoms with E-state index in [1.807, 2.05) is 0 Å². The fraction of sp³-hybridized carbons (Fsp3) is 0.429. The summed E-state index contributed by atoms with van der Waals surface area (Å²) in [5.74, 6) is -1.96. The molecule has 0 spiro atoms. The van der Waals surface area contributed by atoms with Crippen molar-refractivity contribution in [3.05, 3.63) is 35.6 Å². The highest BCUT2D eigenvalue weighted by molar-refractivity contribution is 6.32. The monoisotopic (exact) mass is 267 g/mol. The second kappa shape index (κ2) is 5.82. The van der Waals surface area contributed by atoms with Crippen molar-refractivity contribution in [1.29, 1.82) is 0 Å². The summed E-state index contributed by atoms with van der Waals surface area (Å²) in [7, 11) is 1.50. The zero-order valence-corrected chi connectivity index (χ0v) is 11.6. The van der Waals surface area contributed by atoms with E-state index in [-0.39, 0.29) is 12.4 Å². The topological polar surface area (TPSA) is 46.6 Å². The molecule has 1 rings (SSSR count). The first-order valence-electron chi connectivity index (χ1n) is 5.92. The number of esters is 1. The summed E-state index contributed by atoms with van der Waals surface area (Å²) in [5.41, 5.74) is 0.0320. The van der Waals surface area contributed by atoms with Crippen LogP contribution in [0.15, 0.2) is 24.3 Å². The smallest absolute Gasteiger partial charge is 0.397 e. The average molecular weight is 267 g/mol. The third-order valence-electron chi connectivity index (χ3n) is 2.25. The lowest BCUT2D eigenvalue weighted by Gasteiger charge is -2.22. The van der Waals surface area contributed by atoms with Crippen LogP contribution in [0.4, 0.5) is 4.39 Å². The molecule has 0 fully saturated rings. The van der Waals surface area contributed by atoms with Crippen molar-refractivity contribution in [2.24, 2.45) is 0 Å². The lowest BCUT2D eigenvalue weighted by atomic mass is 10.2. The van der Waals surface area contributed by atoms with Crippen LogP contribution in [0.5, 0.6) is 0 Å². The zero-order valence-electron chi connectivity index (χ0n) is 11.6. The van der Waals surface area contributed by atoms with E-state index in [2.05, 4.69) is 0 Å². The first-order valence-corrected chi connectivity index (χ1v) is 5.92. The summed E-state index contributed by atoms with van der Waals surface area (Å²) in [6.07, 6.45) is 0. The first-order chi connectivity index (χ1) is 8.69. The Bertz CT molecular complexity index is 463.